The average Bonchev–Trinajstić information content (AvgIpc) is 2.69. The summed E-state index contributed by atoms with van der Waals surface area (Å²) in [4.78, 5) is 7.27. The van der Waals surface area contributed by atoms with E-state index in [2.05, 4.69) is 9.97 Å². The Morgan fingerprint density at radius 2 is 2.08 bits per heavy atom. The highest BCUT2D eigenvalue weighted by Crippen LogP contribution is 2.02. The quantitative estimate of drug-likeness (QED) is 0.737. The minimum absolute atomic E-state index is 0.970. The van der Waals surface area contributed by atoms with Gasteiger partial charge < -0.3 is 4.98 Å². The number of aromatic amines is 1. The third-order valence-corrected chi connectivity index (χ3v) is 1.74. The summed E-state index contributed by atoms with van der Waals surface area (Å²) >= 11 is 0. The van der Waals surface area contributed by atoms with Crippen LogP contribution in [-0.4, -0.2) is 9.97 Å². The summed E-state index contributed by atoms with van der Waals surface area (Å²) < 4.78 is 0. The maximum atomic E-state index is 4.18. The lowest BCUT2D eigenvalue weighted by atomic mass is 10.3. The molecule has 0 fully saturated rings. The van der Waals surface area contributed by atoms with E-state index >= 15 is 0 Å². The lowest BCUT2D eigenvalue weighted by molar-refractivity contribution is 1.30. The first-order valence-corrected chi connectivity index (χ1v) is 4.18. The SMILES string of the molecule is C(=C/c1ccc[nH]1)/c1ccccn1. The number of H-pyrrole nitrogens is 1. The Kier molecular flexibility index (Phi) is 2.23. The van der Waals surface area contributed by atoms with Crippen molar-refractivity contribution in [2.45, 2.75) is 0 Å². The van der Waals surface area contributed by atoms with E-state index in [1.54, 1.807) is 6.20 Å². The molecule has 2 heteroatoms. The van der Waals surface area contributed by atoms with Crippen molar-refractivity contribution in [1.82, 2.24) is 9.97 Å². The number of hydrogen-bond donors (Lipinski definition) is 1. The Bertz CT molecular complexity index is 374. The van der Waals surface area contributed by atoms with Crippen LogP contribution in [0.5, 0.6) is 0 Å². The minimum atomic E-state index is 0.970. The molecule has 13 heavy (non-hydrogen) atoms. The lowest BCUT2D eigenvalue weighted by Crippen LogP contribution is -1.76. The van der Waals surface area contributed by atoms with Gasteiger partial charge in [0.1, 0.15) is 0 Å². The van der Waals surface area contributed by atoms with Crippen molar-refractivity contribution in [3.05, 3.63) is 54.1 Å². The van der Waals surface area contributed by atoms with E-state index in [1.165, 1.54) is 0 Å². The first kappa shape index (κ1) is 7.80. The maximum absolute atomic E-state index is 4.18. The largest absolute Gasteiger partial charge is 0.362 e. The molecule has 0 saturated heterocycles. The van der Waals surface area contributed by atoms with Gasteiger partial charge in [-0.05, 0) is 36.4 Å². The predicted octanol–water partition coefficient (Wildman–Crippen LogP) is 2.58. The van der Waals surface area contributed by atoms with Crippen LogP contribution in [0.2, 0.25) is 0 Å². The molecular formula is C11H10N2. The van der Waals surface area contributed by atoms with Crippen molar-refractivity contribution in [3.63, 3.8) is 0 Å². The first-order chi connectivity index (χ1) is 6.45. The molecule has 0 amide bonds. The zero-order chi connectivity index (χ0) is 8.93. The molecule has 2 nitrogen and oxygen atoms in total. The Morgan fingerprint density at radius 1 is 1.08 bits per heavy atom. The zero-order valence-corrected chi connectivity index (χ0v) is 7.14. The van der Waals surface area contributed by atoms with Crippen molar-refractivity contribution >= 4 is 12.2 Å². The topological polar surface area (TPSA) is 28.7 Å². The van der Waals surface area contributed by atoms with Gasteiger partial charge in [-0.2, -0.15) is 0 Å². The summed E-state index contributed by atoms with van der Waals surface area (Å²) in [7, 11) is 0. The van der Waals surface area contributed by atoms with Crippen LogP contribution in [0.4, 0.5) is 0 Å². The van der Waals surface area contributed by atoms with Crippen LogP contribution < -0.4 is 0 Å². The fourth-order valence-corrected chi connectivity index (χ4v) is 1.10. The molecule has 0 atom stereocenters. The van der Waals surface area contributed by atoms with Gasteiger partial charge in [0.2, 0.25) is 0 Å². The van der Waals surface area contributed by atoms with Gasteiger partial charge in [0.25, 0.3) is 0 Å². The molecule has 64 valence electrons. The molecule has 0 spiro atoms. The highest BCUT2D eigenvalue weighted by molar-refractivity contribution is 5.65. The molecule has 0 unspecified atom stereocenters. The number of nitrogens with zero attached hydrogens (tertiary/aromatic N) is 1. The Labute approximate surface area is 77.0 Å². The average molecular weight is 170 g/mol. The van der Waals surface area contributed by atoms with Gasteiger partial charge >= 0.3 is 0 Å². The summed E-state index contributed by atoms with van der Waals surface area (Å²) in [5.41, 5.74) is 2.06. The Balaban J connectivity index is 2.15. The molecule has 0 aromatic carbocycles. The molecule has 2 aromatic rings. The van der Waals surface area contributed by atoms with Gasteiger partial charge in [-0.15, -0.1) is 0 Å². The van der Waals surface area contributed by atoms with Crippen LogP contribution in [0, 0.1) is 0 Å². The lowest BCUT2D eigenvalue weighted by Gasteiger charge is -1.89. The number of hydrogen-bond acceptors (Lipinski definition) is 1. The third kappa shape index (κ3) is 2.06. The van der Waals surface area contributed by atoms with Crippen molar-refractivity contribution in [1.29, 1.82) is 0 Å². The van der Waals surface area contributed by atoms with Crippen LogP contribution in [0.1, 0.15) is 11.4 Å². The highest BCUT2D eigenvalue weighted by Gasteiger charge is 1.86. The molecule has 0 bridgehead atoms. The first-order valence-electron chi connectivity index (χ1n) is 4.18. The van der Waals surface area contributed by atoms with Crippen LogP contribution in [0.15, 0.2) is 42.7 Å². The fourth-order valence-electron chi connectivity index (χ4n) is 1.10. The van der Waals surface area contributed by atoms with Gasteiger partial charge in [-0.25, -0.2) is 0 Å². The summed E-state index contributed by atoms with van der Waals surface area (Å²) in [5, 5.41) is 0. The molecule has 0 aliphatic carbocycles. The summed E-state index contributed by atoms with van der Waals surface area (Å²) in [6.45, 7) is 0. The van der Waals surface area contributed by atoms with E-state index in [0.29, 0.717) is 0 Å². The molecule has 2 heterocycles. The van der Waals surface area contributed by atoms with Gasteiger partial charge in [0.15, 0.2) is 0 Å². The fraction of sp³-hybridized carbons (Fsp3) is 0. The van der Waals surface area contributed by atoms with Crippen molar-refractivity contribution in [2.75, 3.05) is 0 Å². The minimum Gasteiger partial charge on any atom is -0.362 e. The van der Waals surface area contributed by atoms with E-state index in [9.17, 15) is 0 Å². The van der Waals surface area contributed by atoms with Crippen molar-refractivity contribution in [2.24, 2.45) is 0 Å². The second-order valence-corrected chi connectivity index (χ2v) is 2.71. The van der Waals surface area contributed by atoms with E-state index in [4.69, 9.17) is 0 Å². The second kappa shape index (κ2) is 3.72. The van der Waals surface area contributed by atoms with E-state index in [-0.39, 0.29) is 0 Å². The summed E-state index contributed by atoms with van der Waals surface area (Å²) in [5.74, 6) is 0. The molecule has 0 saturated carbocycles. The van der Waals surface area contributed by atoms with Gasteiger partial charge in [0.05, 0.1) is 5.69 Å². The number of pyridine rings is 1. The standard InChI is InChI=1S/C11H10N2/c1-2-8-12-10(4-1)6-7-11-5-3-9-13-11/h1-9,13H/b7-6-. The molecular weight excluding hydrogens is 160 g/mol. The van der Waals surface area contributed by atoms with E-state index in [0.717, 1.165) is 11.4 Å². The van der Waals surface area contributed by atoms with Crippen LogP contribution in [0.25, 0.3) is 12.2 Å². The monoisotopic (exact) mass is 170 g/mol. The van der Waals surface area contributed by atoms with Gasteiger partial charge in [-0.1, -0.05) is 6.07 Å². The van der Waals surface area contributed by atoms with E-state index in [1.807, 2.05) is 48.7 Å². The number of nitrogens with one attached hydrogen (secondary N) is 1. The van der Waals surface area contributed by atoms with Crippen LogP contribution in [0.3, 0.4) is 0 Å². The normalized spacial score (nSPS) is 10.8. The predicted molar refractivity (Wildman–Crippen MR) is 54.0 cm³/mol. The number of aromatic nitrogens is 2. The van der Waals surface area contributed by atoms with Gasteiger partial charge in [-0.3, -0.25) is 4.98 Å². The number of rotatable bonds is 2. The smallest absolute Gasteiger partial charge is 0.0630 e. The van der Waals surface area contributed by atoms with Crippen molar-refractivity contribution in [3.8, 4) is 0 Å². The molecule has 2 aromatic heterocycles. The van der Waals surface area contributed by atoms with E-state index < -0.39 is 0 Å². The molecule has 0 aliphatic heterocycles. The highest BCUT2D eigenvalue weighted by atomic mass is 14.7. The van der Waals surface area contributed by atoms with Gasteiger partial charge in [0, 0.05) is 18.1 Å². The summed E-state index contributed by atoms with van der Waals surface area (Å²) in [6.07, 6.45) is 7.67. The van der Waals surface area contributed by atoms with Crippen molar-refractivity contribution < 1.29 is 0 Å². The Morgan fingerprint density at radius 3 is 2.77 bits per heavy atom. The maximum Gasteiger partial charge on any atom is 0.0630 e. The Hall–Kier alpha value is -1.83. The van der Waals surface area contributed by atoms with Crippen LogP contribution in [-0.2, 0) is 0 Å². The summed E-state index contributed by atoms with van der Waals surface area (Å²) in [6, 6.07) is 9.84. The molecule has 0 aliphatic rings. The second-order valence-electron chi connectivity index (χ2n) is 2.71. The molecule has 1 N–H and O–H groups in total. The third-order valence-electron chi connectivity index (χ3n) is 1.74. The molecule has 0 radical (unpaired) electrons. The van der Waals surface area contributed by atoms with Crippen LogP contribution >= 0.6 is 0 Å². The zero-order valence-electron chi connectivity index (χ0n) is 7.14. The molecule has 2 rings (SSSR count).